The molecular weight excluding hydrogens is 449 g/mol. The van der Waals surface area contributed by atoms with Crippen molar-refractivity contribution in [2.24, 2.45) is 7.05 Å². The number of anilines is 2. The maximum Gasteiger partial charge on any atom is 0.213 e. The highest BCUT2D eigenvalue weighted by Crippen LogP contribution is 2.35. The lowest BCUT2D eigenvalue weighted by Crippen LogP contribution is -2.57. The molecule has 0 amide bonds. The molecule has 2 fully saturated rings. The normalized spacial score (nSPS) is 22.5. The van der Waals surface area contributed by atoms with E-state index in [9.17, 15) is 4.39 Å². The topological polar surface area (TPSA) is 81.7 Å². The lowest BCUT2D eigenvalue weighted by molar-refractivity contribution is -0.0879. The van der Waals surface area contributed by atoms with E-state index >= 15 is 0 Å². The maximum absolute atomic E-state index is 13.6. The molecule has 2 aliphatic rings. The van der Waals surface area contributed by atoms with E-state index in [1.165, 1.54) is 10.7 Å². The average molecular weight is 478 g/mol. The molecule has 0 aromatic carbocycles. The highest BCUT2D eigenvalue weighted by molar-refractivity contribution is 5.75. The first-order valence-electron chi connectivity index (χ1n) is 11.8. The van der Waals surface area contributed by atoms with E-state index in [4.69, 9.17) is 9.47 Å². The molecule has 0 spiro atoms. The van der Waals surface area contributed by atoms with Crippen molar-refractivity contribution >= 4 is 17.2 Å². The van der Waals surface area contributed by atoms with E-state index < -0.39 is 5.95 Å². The van der Waals surface area contributed by atoms with Gasteiger partial charge < -0.3 is 14.8 Å². The van der Waals surface area contributed by atoms with Crippen molar-refractivity contribution in [2.45, 2.75) is 38.0 Å². The average Bonchev–Trinajstić information content (AvgIpc) is 3.36. The monoisotopic (exact) mass is 477 g/mol. The predicted octanol–water partition coefficient (Wildman–Crippen LogP) is 3.56. The molecule has 10 heteroatoms. The Labute approximate surface area is 202 Å². The number of likely N-dealkylation sites (N-methyl/N-ethyl adjacent to an activating group) is 1. The Balaban J connectivity index is 1.27. The van der Waals surface area contributed by atoms with Gasteiger partial charge in [-0.05, 0) is 37.7 Å². The van der Waals surface area contributed by atoms with Gasteiger partial charge in [-0.2, -0.15) is 14.6 Å². The number of rotatable bonds is 5. The fourth-order valence-electron chi connectivity index (χ4n) is 5.05. The highest BCUT2D eigenvalue weighted by atomic mass is 19.1. The number of nitrogens with one attached hydrogen (secondary N) is 1. The molecule has 6 rings (SSSR count). The minimum Gasteiger partial charge on any atom is -0.488 e. The van der Waals surface area contributed by atoms with Crippen LogP contribution in [0, 0.1) is 12.9 Å². The number of halogens is 1. The number of piperidine rings is 1. The molecule has 4 aromatic rings. The van der Waals surface area contributed by atoms with Crippen LogP contribution in [0.5, 0.6) is 5.75 Å². The van der Waals surface area contributed by atoms with Crippen molar-refractivity contribution in [2.75, 3.05) is 25.6 Å². The van der Waals surface area contributed by atoms with E-state index in [0.717, 1.165) is 54.1 Å². The standard InChI is InChI=1S/C25H28FN7O2/c1-15-6-21(22(12-27-15)35-20-8-18-13-34-14-19(9-20)31(18)2)16-4-5-33-17(7-16)10-24(30-33)28-25-11-23(26)32(3)29-25/h4-7,10-12,18-20H,8-9,13-14H2,1-3H3,(H,28,29,30)/t18-,19+,20?. The summed E-state index contributed by atoms with van der Waals surface area (Å²) in [6.07, 6.45) is 5.74. The van der Waals surface area contributed by atoms with Gasteiger partial charge in [0.25, 0.3) is 0 Å². The Kier molecular flexibility index (Phi) is 5.42. The van der Waals surface area contributed by atoms with E-state index in [2.05, 4.69) is 44.6 Å². The molecule has 35 heavy (non-hydrogen) atoms. The smallest absolute Gasteiger partial charge is 0.213 e. The molecule has 1 N–H and O–H groups in total. The number of aromatic nitrogens is 5. The van der Waals surface area contributed by atoms with Crippen molar-refractivity contribution < 1.29 is 13.9 Å². The van der Waals surface area contributed by atoms with Crippen molar-refractivity contribution in [3.05, 3.63) is 54.4 Å². The lowest BCUT2D eigenvalue weighted by atomic mass is 9.92. The zero-order chi connectivity index (χ0) is 24.1. The number of ether oxygens (including phenoxy) is 2. The molecule has 0 radical (unpaired) electrons. The number of hydrogen-bond acceptors (Lipinski definition) is 7. The van der Waals surface area contributed by atoms with Crippen LogP contribution in [-0.4, -0.2) is 67.7 Å². The Bertz CT molecular complexity index is 1350. The minimum absolute atomic E-state index is 0.127. The molecule has 182 valence electrons. The first-order chi connectivity index (χ1) is 16.9. The number of fused-ring (bicyclic) bond motifs is 3. The van der Waals surface area contributed by atoms with Crippen molar-refractivity contribution in [3.63, 3.8) is 0 Å². The van der Waals surface area contributed by atoms with Crippen LogP contribution in [-0.2, 0) is 11.8 Å². The fourth-order valence-corrected chi connectivity index (χ4v) is 5.05. The Morgan fingerprint density at radius 1 is 1.06 bits per heavy atom. The Hall–Kier alpha value is -3.50. The highest BCUT2D eigenvalue weighted by Gasteiger charge is 2.38. The largest absolute Gasteiger partial charge is 0.488 e. The summed E-state index contributed by atoms with van der Waals surface area (Å²) in [5, 5.41) is 11.7. The van der Waals surface area contributed by atoms with E-state index in [-0.39, 0.29) is 6.10 Å². The molecule has 0 saturated carbocycles. The predicted molar refractivity (Wildman–Crippen MR) is 129 cm³/mol. The number of pyridine rings is 2. The van der Waals surface area contributed by atoms with E-state index in [1.807, 2.05) is 31.5 Å². The van der Waals surface area contributed by atoms with Gasteiger partial charge in [0.15, 0.2) is 11.6 Å². The molecule has 2 bridgehead atoms. The quantitative estimate of drug-likeness (QED) is 0.471. The second-order valence-electron chi connectivity index (χ2n) is 9.46. The molecular formula is C25H28FN7O2. The lowest BCUT2D eigenvalue weighted by Gasteiger charge is -2.46. The van der Waals surface area contributed by atoms with Gasteiger partial charge in [0.05, 0.1) is 24.9 Å². The third-order valence-electron chi connectivity index (χ3n) is 6.99. The Morgan fingerprint density at radius 2 is 1.83 bits per heavy atom. The Morgan fingerprint density at radius 3 is 2.57 bits per heavy atom. The van der Waals surface area contributed by atoms with E-state index in [0.29, 0.717) is 23.7 Å². The zero-order valence-corrected chi connectivity index (χ0v) is 20.0. The molecule has 9 nitrogen and oxygen atoms in total. The van der Waals surface area contributed by atoms with Gasteiger partial charge in [0.1, 0.15) is 11.9 Å². The molecule has 2 saturated heterocycles. The van der Waals surface area contributed by atoms with Gasteiger partial charge in [-0.1, -0.05) is 0 Å². The summed E-state index contributed by atoms with van der Waals surface area (Å²) in [5.74, 6) is 1.36. The number of morpholine rings is 1. The molecule has 3 atom stereocenters. The first-order valence-corrected chi connectivity index (χ1v) is 11.8. The minimum atomic E-state index is -0.417. The fraction of sp³-hybridized carbons (Fsp3) is 0.400. The van der Waals surface area contributed by atoms with Gasteiger partial charge in [0.2, 0.25) is 5.95 Å². The summed E-state index contributed by atoms with van der Waals surface area (Å²) in [6.45, 7) is 3.49. The zero-order valence-electron chi connectivity index (χ0n) is 20.0. The first kappa shape index (κ1) is 22.0. The molecule has 0 aliphatic carbocycles. The van der Waals surface area contributed by atoms with Crippen LogP contribution in [0.4, 0.5) is 16.0 Å². The van der Waals surface area contributed by atoms with Crippen LogP contribution < -0.4 is 10.1 Å². The molecule has 6 heterocycles. The molecule has 1 unspecified atom stereocenters. The van der Waals surface area contributed by atoms with Crippen LogP contribution in [0.1, 0.15) is 18.5 Å². The summed E-state index contributed by atoms with van der Waals surface area (Å²) in [5.41, 5.74) is 3.84. The van der Waals surface area contributed by atoms with Gasteiger partial charge in [0, 0.05) is 61.6 Å². The number of aryl methyl sites for hydroxylation is 2. The van der Waals surface area contributed by atoms with Gasteiger partial charge in [-0.15, -0.1) is 0 Å². The second kappa shape index (κ2) is 8.62. The van der Waals surface area contributed by atoms with Gasteiger partial charge in [-0.3, -0.25) is 9.88 Å². The summed E-state index contributed by atoms with van der Waals surface area (Å²) >= 11 is 0. The second-order valence-corrected chi connectivity index (χ2v) is 9.46. The summed E-state index contributed by atoms with van der Waals surface area (Å²) in [6, 6.07) is 10.2. The number of nitrogens with zero attached hydrogens (tertiary/aromatic N) is 6. The van der Waals surface area contributed by atoms with Gasteiger partial charge >= 0.3 is 0 Å². The van der Waals surface area contributed by atoms with Gasteiger partial charge in [-0.25, -0.2) is 9.20 Å². The molecule has 2 aliphatic heterocycles. The van der Waals surface area contributed by atoms with Crippen LogP contribution in [0.15, 0.2) is 42.7 Å². The third kappa shape index (κ3) is 4.23. The SMILES string of the molecule is Cc1cc(-c2ccn3nc(Nc4cc(F)n(C)n4)cc3c2)c(OC2C[C@H]3COC[C@@H](C2)N3C)cn1. The van der Waals surface area contributed by atoms with Crippen LogP contribution in [0.3, 0.4) is 0 Å². The van der Waals surface area contributed by atoms with Crippen LogP contribution in [0.2, 0.25) is 0 Å². The van der Waals surface area contributed by atoms with Crippen molar-refractivity contribution in [1.29, 1.82) is 0 Å². The van der Waals surface area contributed by atoms with Crippen LogP contribution in [0.25, 0.3) is 16.6 Å². The number of hydrogen-bond donors (Lipinski definition) is 1. The van der Waals surface area contributed by atoms with Crippen molar-refractivity contribution in [1.82, 2.24) is 29.3 Å². The van der Waals surface area contributed by atoms with E-state index in [1.54, 1.807) is 11.6 Å². The third-order valence-corrected chi connectivity index (χ3v) is 6.99. The molecule has 4 aromatic heterocycles. The summed E-state index contributed by atoms with van der Waals surface area (Å²) < 4.78 is 28.9. The summed E-state index contributed by atoms with van der Waals surface area (Å²) in [7, 11) is 3.74. The summed E-state index contributed by atoms with van der Waals surface area (Å²) in [4.78, 5) is 6.94. The maximum atomic E-state index is 13.6. The van der Waals surface area contributed by atoms with Crippen molar-refractivity contribution in [3.8, 4) is 16.9 Å². The van der Waals surface area contributed by atoms with Crippen LogP contribution >= 0.6 is 0 Å².